The van der Waals surface area contributed by atoms with Crippen LogP contribution in [0.25, 0.3) is 0 Å². The predicted octanol–water partition coefficient (Wildman–Crippen LogP) is 3.91. The summed E-state index contributed by atoms with van der Waals surface area (Å²) in [6, 6.07) is 8.02. The van der Waals surface area contributed by atoms with E-state index in [0.29, 0.717) is 0 Å². The lowest BCUT2D eigenvalue weighted by Gasteiger charge is -2.15. The number of benzene rings is 1. The summed E-state index contributed by atoms with van der Waals surface area (Å²) in [6.07, 6.45) is -6.23. The van der Waals surface area contributed by atoms with E-state index in [2.05, 4.69) is 4.74 Å². The molecule has 0 fully saturated rings. The third-order valence-corrected chi connectivity index (χ3v) is 2.51. The fourth-order valence-electron chi connectivity index (χ4n) is 1.55. The summed E-state index contributed by atoms with van der Waals surface area (Å²) < 4.78 is 45.5. The number of rotatable bonds is 3. The Morgan fingerprint density at radius 2 is 1.84 bits per heavy atom. The molecule has 1 heterocycles. The molecule has 102 valence electrons. The van der Waals surface area contributed by atoms with Crippen molar-refractivity contribution in [3.05, 3.63) is 52.9 Å². The second kappa shape index (κ2) is 5.14. The molecular weight excluding hydrogens is 285 g/mol. The summed E-state index contributed by atoms with van der Waals surface area (Å²) in [6.45, 7) is 0. The molecule has 19 heavy (non-hydrogen) atoms. The maximum atomic E-state index is 12.2. The average Bonchev–Trinajstić information content (AvgIpc) is 2.74. The number of furan rings is 1. The van der Waals surface area contributed by atoms with Gasteiger partial charge < -0.3 is 14.3 Å². The van der Waals surface area contributed by atoms with Gasteiger partial charge in [-0.2, -0.15) is 0 Å². The van der Waals surface area contributed by atoms with Gasteiger partial charge in [0.05, 0.1) is 0 Å². The molecule has 0 bridgehead atoms. The SMILES string of the molecule is OC(c1ccc(Cl)o1)c1ccccc1OC(F)(F)F. The Kier molecular flexibility index (Phi) is 3.73. The number of alkyl halides is 3. The van der Waals surface area contributed by atoms with Crippen LogP contribution in [0.5, 0.6) is 5.75 Å². The van der Waals surface area contributed by atoms with Crippen LogP contribution in [0, 0.1) is 0 Å². The topological polar surface area (TPSA) is 42.6 Å². The molecular formula is C12H8ClF3O3. The molecule has 0 radical (unpaired) electrons. The van der Waals surface area contributed by atoms with Gasteiger partial charge in [0.1, 0.15) is 17.6 Å². The van der Waals surface area contributed by atoms with Crippen molar-refractivity contribution in [2.45, 2.75) is 12.5 Å². The quantitative estimate of drug-likeness (QED) is 0.932. The number of hydrogen-bond donors (Lipinski definition) is 1. The number of halogens is 4. The molecule has 1 aromatic carbocycles. The monoisotopic (exact) mass is 292 g/mol. The summed E-state index contributed by atoms with van der Waals surface area (Å²) in [5.41, 5.74) is -0.0640. The van der Waals surface area contributed by atoms with Gasteiger partial charge in [0, 0.05) is 5.56 Å². The van der Waals surface area contributed by atoms with Gasteiger partial charge in [-0.1, -0.05) is 18.2 Å². The van der Waals surface area contributed by atoms with Crippen molar-refractivity contribution in [2.24, 2.45) is 0 Å². The molecule has 0 amide bonds. The first-order chi connectivity index (χ1) is 8.87. The van der Waals surface area contributed by atoms with Crippen molar-refractivity contribution < 1.29 is 27.4 Å². The first-order valence-electron chi connectivity index (χ1n) is 5.15. The van der Waals surface area contributed by atoms with Crippen LogP contribution in [0.3, 0.4) is 0 Å². The minimum atomic E-state index is -4.84. The highest BCUT2D eigenvalue weighted by Gasteiger charge is 2.33. The van der Waals surface area contributed by atoms with E-state index in [1.165, 1.54) is 30.3 Å². The van der Waals surface area contributed by atoms with E-state index < -0.39 is 18.2 Å². The largest absolute Gasteiger partial charge is 0.573 e. The summed E-state index contributed by atoms with van der Waals surface area (Å²) in [7, 11) is 0. The van der Waals surface area contributed by atoms with Crippen LogP contribution in [0.2, 0.25) is 5.22 Å². The highest BCUT2D eigenvalue weighted by molar-refractivity contribution is 6.28. The fourth-order valence-corrected chi connectivity index (χ4v) is 1.70. The second-order valence-electron chi connectivity index (χ2n) is 3.63. The minimum absolute atomic E-state index is 0.0308. The Morgan fingerprint density at radius 1 is 1.16 bits per heavy atom. The molecule has 1 unspecified atom stereocenters. The Labute approximate surface area is 111 Å². The summed E-state index contributed by atoms with van der Waals surface area (Å²) in [4.78, 5) is 0. The number of aliphatic hydroxyl groups excluding tert-OH is 1. The summed E-state index contributed by atoms with van der Waals surface area (Å²) in [5.74, 6) is -0.460. The first kappa shape index (κ1) is 13.8. The molecule has 2 aromatic rings. The van der Waals surface area contributed by atoms with Crippen LogP contribution in [-0.2, 0) is 0 Å². The molecule has 2 rings (SSSR count). The lowest BCUT2D eigenvalue weighted by atomic mass is 10.1. The van der Waals surface area contributed by atoms with Crippen LogP contribution < -0.4 is 4.74 Å². The molecule has 1 atom stereocenters. The normalized spacial score (nSPS) is 13.3. The van der Waals surface area contributed by atoms with E-state index in [4.69, 9.17) is 16.0 Å². The van der Waals surface area contributed by atoms with Gasteiger partial charge in [-0.3, -0.25) is 0 Å². The van der Waals surface area contributed by atoms with Crippen molar-refractivity contribution in [2.75, 3.05) is 0 Å². The molecule has 0 saturated heterocycles. The van der Waals surface area contributed by atoms with Gasteiger partial charge in [0.15, 0.2) is 5.22 Å². The number of aliphatic hydroxyl groups is 1. The van der Waals surface area contributed by atoms with Crippen molar-refractivity contribution in [3.63, 3.8) is 0 Å². The van der Waals surface area contributed by atoms with E-state index in [0.717, 1.165) is 6.07 Å². The van der Waals surface area contributed by atoms with Gasteiger partial charge in [-0.25, -0.2) is 0 Å². The molecule has 3 nitrogen and oxygen atoms in total. The highest BCUT2D eigenvalue weighted by atomic mass is 35.5. The lowest BCUT2D eigenvalue weighted by molar-refractivity contribution is -0.275. The Bertz CT molecular complexity index is 565. The molecule has 1 aromatic heterocycles. The third-order valence-electron chi connectivity index (χ3n) is 2.30. The smallest absolute Gasteiger partial charge is 0.447 e. The molecule has 0 spiro atoms. The van der Waals surface area contributed by atoms with Gasteiger partial charge in [0.25, 0.3) is 0 Å². The second-order valence-corrected chi connectivity index (χ2v) is 4.00. The van der Waals surface area contributed by atoms with Crippen molar-refractivity contribution >= 4 is 11.6 Å². The van der Waals surface area contributed by atoms with Gasteiger partial charge in [0.2, 0.25) is 0 Å². The van der Waals surface area contributed by atoms with E-state index in [1.54, 1.807) is 0 Å². The van der Waals surface area contributed by atoms with Crippen LogP contribution >= 0.6 is 11.6 Å². The molecule has 0 aliphatic rings. The maximum absolute atomic E-state index is 12.2. The zero-order valence-corrected chi connectivity index (χ0v) is 10.1. The third kappa shape index (κ3) is 3.42. The summed E-state index contributed by atoms with van der Waals surface area (Å²) in [5, 5.41) is 10.0. The van der Waals surface area contributed by atoms with E-state index in [9.17, 15) is 18.3 Å². The fraction of sp³-hybridized carbons (Fsp3) is 0.167. The highest BCUT2D eigenvalue weighted by Crippen LogP contribution is 2.34. The molecule has 0 aliphatic heterocycles. The van der Waals surface area contributed by atoms with Crippen molar-refractivity contribution in [1.82, 2.24) is 0 Å². The van der Waals surface area contributed by atoms with Crippen LogP contribution in [0.15, 0.2) is 40.8 Å². The summed E-state index contributed by atoms with van der Waals surface area (Å²) >= 11 is 5.55. The minimum Gasteiger partial charge on any atom is -0.447 e. The Balaban J connectivity index is 2.34. The van der Waals surface area contributed by atoms with Crippen molar-refractivity contribution in [3.8, 4) is 5.75 Å². The van der Waals surface area contributed by atoms with Crippen LogP contribution in [0.4, 0.5) is 13.2 Å². The standard InChI is InChI=1S/C12H8ClF3O3/c13-10-6-5-9(18-10)11(17)7-3-1-2-4-8(7)19-12(14,15)16/h1-6,11,17H. The van der Waals surface area contributed by atoms with Gasteiger partial charge >= 0.3 is 6.36 Å². The average molecular weight is 293 g/mol. The lowest BCUT2D eigenvalue weighted by Crippen LogP contribution is -2.18. The number of para-hydroxylation sites is 1. The molecule has 1 N–H and O–H groups in total. The Hall–Kier alpha value is -1.66. The van der Waals surface area contributed by atoms with E-state index in [-0.39, 0.29) is 16.5 Å². The van der Waals surface area contributed by atoms with Gasteiger partial charge in [-0.15, -0.1) is 13.2 Å². The Morgan fingerprint density at radius 3 is 2.42 bits per heavy atom. The number of hydrogen-bond acceptors (Lipinski definition) is 3. The first-order valence-corrected chi connectivity index (χ1v) is 5.52. The maximum Gasteiger partial charge on any atom is 0.573 e. The zero-order valence-electron chi connectivity index (χ0n) is 9.32. The van der Waals surface area contributed by atoms with Crippen LogP contribution in [-0.4, -0.2) is 11.5 Å². The predicted molar refractivity (Wildman–Crippen MR) is 60.9 cm³/mol. The number of ether oxygens (including phenoxy) is 1. The molecule has 0 aliphatic carbocycles. The molecule has 0 saturated carbocycles. The van der Waals surface area contributed by atoms with E-state index >= 15 is 0 Å². The van der Waals surface area contributed by atoms with Crippen LogP contribution in [0.1, 0.15) is 17.4 Å². The van der Waals surface area contributed by atoms with Crippen molar-refractivity contribution in [1.29, 1.82) is 0 Å². The molecule has 7 heteroatoms. The zero-order chi connectivity index (χ0) is 14.0. The van der Waals surface area contributed by atoms with Gasteiger partial charge in [-0.05, 0) is 29.8 Å². The van der Waals surface area contributed by atoms with E-state index in [1.807, 2.05) is 0 Å².